The van der Waals surface area contributed by atoms with Crippen LogP contribution in [0.2, 0.25) is 0 Å². The maximum atomic E-state index is 11.5. The van der Waals surface area contributed by atoms with Gasteiger partial charge >= 0.3 is 0 Å². The Kier molecular flexibility index (Phi) is 4.03. The molecule has 2 amide bonds. The normalized spacial score (nSPS) is 14.8. The number of allylic oxidation sites excluding steroid dienone is 2. The van der Waals surface area contributed by atoms with Gasteiger partial charge in [0.05, 0.1) is 11.6 Å². The van der Waals surface area contributed by atoms with Gasteiger partial charge in [-0.3, -0.25) is 20.2 Å². The minimum Gasteiger partial charge on any atom is -0.299 e. The van der Waals surface area contributed by atoms with Gasteiger partial charge in [0.2, 0.25) is 0 Å². The zero-order chi connectivity index (χ0) is 14.5. The summed E-state index contributed by atoms with van der Waals surface area (Å²) in [6, 6.07) is 8.93. The molecule has 5 nitrogen and oxygen atoms in total. The van der Waals surface area contributed by atoms with Gasteiger partial charge in [-0.05, 0) is 36.0 Å². The van der Waals surface area contributed by atoms with Crippen LogP contribution in [0.25, 0.3) is 6.08 Å². The Morgan fingerprint density at radius 3 is 2.25 bits per heavy atom. The Balaban J connectivity index is 2.13. The minimum absolute atomic E-state index is 0.00761. The van der Waals surface area contributed by atoms with E-state index in [4.69, 9.17) is 17.5 Å². The zero-order valence-electron chi connectivity index (χ0n) is 10.2. The molecule has 0 unspecified atom stereocenters. The molecule has 1 fully saturated rings. The van der Waals surface area contributed by atoms with E-state index in [-0.39, 0.29) is 10.7 Å². The van der Waals surface area contributed by atoms with E-state index >= 15 is 0 Å². The standard InChI is InChI=1S/C14H9N3O2S/c15-8-10-6-4-9(5-7-10)2-1-3-11-12(18)16-14(20)17-13(11)19/h1-7H,(H2,16,17,18,19,20)/b2-1+. The fraction of sp³-hybridized carbons (Fsp3) is 0. The molecule has 0 aromatic heterocycles. The van der Waals surface area contributed by atoms with Gasteiger partial charge in [-0.2, -0.15) is 5.26 Å². The second kappa shape index (κ2) is 5.91. The molecular formula is C14H9N3O2S. The third kappa shape index (κ3) is 3.16. The van der Waals surface area contributed by atoms with Crippen molar-refractivity contribution in [2.45, 2.75) is 0 Å². The Morgan fingerprint density at radius 2 is 1.70 bits per heavy atom. The van der Waals surface area contributed by atoms with E-state index in [1.807, 2.05) is 6.07 Å². The van der Waals surface area contributed by atoms with Crippen molar-refractivity contribution in [2.75, 3.05) is 0 Å². The highest BCUT2D eigenvalue weighted by molar-refractivity contribution is 7.80. The van der Waals surface area contributed by atoms with Gasteiger partial charge in [-0.15, -0.1) is 0 Å². The van der Waals surface area contributed by atoms with E-state index < -0.39 is 11.8 Å². The number of hydrogen-bond donors (Lipinski definition) is 2. The molecule has 0 spiro atoms. The number of carbonyl (C=O) groups excluding carboxylic acids is 2. The Morgan fingerprint density at radius 1 is 1.10 bits per heavy atom. The van der Waals surface area contributed by atoms with E-state index in [2.05, 4.69) is 10.6 Å². The number of hydrogen-bond acceptors (Lipinski definition) is 4. The van der Waals surface area contributed by atoms with Crippen LogP contribution in [0.5, 0.6) is 0 Å². The van der Waals surface area contributed by atoms with E-state index in [9.17, 15) is 9.59 Å². The first-order valence-corrected chi connectivity index (χ1v) is 6.06. The predicted octanol–water partition coefficient (Wildman–Crippen LogP) is 1.03. The highest BCUT2D eigenvalue weighted by Gasteiger charge is 2.24. The predicted molar refractivity (Wildman–Crippen MR) is 77.2 cm³/mol. The van der Waals surface area contributed by atoms with Crippen LogP contribution in [0.1, 0.15) is 11.1 Å². The third-order valence-corrected chi connectivity index (χ3v) is 2.74. The van der Waals surface area contributed by atoms with Crippen LogP contribution in [-0.2, 0) is 9.59 Å². The van der Waals surface area contributed by atoms with Crippen LogP contribution in [-0.4, -0.2) is 16.9 Å². The van der Waals surface area contributed by atoms with Crippen molar-refractivity contribution in [1.29, 1.82) is 5.26 Å². The molecule has 0 radical (unpaired) electrons. The average Bonchev–Trinajstić information content (AvgIpc) is 2.42. The largest absolute Gasteiger partial charge is 0.299 e. The lowest BCUT2D eigenvalue weighted by molar-refractivity contribution is -0.123. The number of rotatable bonds is 2. The van der Waals surface area contributed by atoms with Crippen molar-refractivity contribution >= 4 is 35.2 Å². The number of nitrogens with one attached hydrogen (secondary N) is 2. The fourth-order valence-corrected chi connectivity index (χ4v) is 1.74. The molecule has 1 aromatic carbocycles. The van der Waals surface area contributed by atoms with E-state index in [1.165, 1.54) is 6.08 Å². The van der Waals surface area contributed by atoms with Crippen molar-refractivity contribution in [3.05, 3.63) is 53.1 Å². The minimum atomic E-state index is -0.525. The molecule has 1 aliphatic rings. The first-order valence-electron chi connectivity index (χ1n) is 5.65. The zero-order valence-corrected chi connectivity index (χ0v) is 11.0. The molecule has 6 heteroatoms. The summed E-state index contributed by atoms with van der Waals surface area (Å²) in [6.07, 6.45) is 4.72. The molecule has 2 rings (SSSR count). The third-order valence-electron chi connectivity index (χ3n) is 2.53. The lowest BCUT2D eigenvalue weighted by Gasteiger charge is -2.15. The summed E-state index contributed by atoms with van der Waals surface area (Å²) >= 11 is 4.69. The number of amides is 2. The van der Waals surface area contributed by atoms with E-state index in [0.717, 1.165) is 5.56 Å². The highest BCUT2D eigenvalue weighted by Crippen LogP contribution is 2.07. The first kappa shape index (κ1) is 13.6. The molecule has 1 saturated heterocycles. The van der Waals surface area contributed by atoms with Gasteiger partial charge < -0.3 is 0 Å². The van der Waals surface area contributed by atoms with Crippen molar-refractivity contribution in [2.24, 2.45) is 0 Å². The van der Waals surface area contributed by atoms with Crippen molar-refractivity contribution < 1.29 is 9.59 Å². The smallest absolute Gasteiger partial charge is 0.263 e. The summed E-state index contributed by atoms with van der Waals surface area (Å²) in [4.78, 5) is 23.1. The van der Waals surface area contributed by atoms with Crippen molar-refractivity contribution in [3.63, 3.8) is 0 Å². The van der Waals surface area contributed by atoms with Crippen molar-refractivity contribution in [1.82, 2.24) is 10.6 Å². The Hall–Kier alpha value is -2.78. The summed E-state index contributed by atoms with van der Waals surface area (Å²) < 4.78 is 0. The molecule has 1 aromatic rings. The van der Waals surface area contributed by atoms with Gasteiger partial charge in [-0.25, -0.2) is 0 Å². The van der Waals surface area contributed by atoms with Crippen LogP contribution in [0.15, 0.2) is 42.0 Å². The number of nitriles is 1. The number of thiocarbonyl (C=S) groups is 1. The first-order chi connectivity index (χ1) is 9.60. The number of carbonyl (C=O) groups is 2. The Bertz CT molecular complexity index is 659. The molecular weight excluding hydrogens is 274 g/mol. The van der Waals surface area contributed by atoms with Gasteiger partial charge in [0, 0.05) is 0 Å². The van der Waals surface area contributed by atoms with Crippen LogP contribution < -0.4 is 10.6 Å². The lowest BCUT2D eigenvalue weighted by atomic mass is 10.1. The maximum absolute atomic E-state index is 11.5. The SMILES string of the molecule is N#Cc1ccc(/C=C/C=C2C(=O)NC(=S)NC2=O)cc1. The monoisotopic (exact) mass is 283 g/mol. The van der Waals surface area contributed by atoms with Crippen LogP contribution in [0.4, 0.5) is 0 Å². The molecule has 0 saturated carbocycles. The molecule has 20 heavy (non-hydrogen) atoms. The quantitative estimate of drug-likeness (QED) is 0.482. The average molecular weight is 283 g/mol. The maximum Gasteiger partial charge on any atom is 0.263 e. The van der Waals surface area contributed by atoms with E-state index in [0.29, 0.717) is 5.56 Å². The summed E-state index contributed by atoms with van der Waals surface area (Å²) in [5.74, 6) is -1.05. The molecule has 2 N–H and O–H groups in total. The molecule has 1 aliphatic heterocycles. The molecule has 0 bridgehead atoms. The summed E-state index contributed by atoms with van der Waals surface area (Å²) in [5, 5.41) is 13.4. The van der Waals surface area contributed by atoms with Gasteiger partial charge in [0.15, 0.2) is 5.11 Å². The van der Waals surface area contributed by atoms with Crippen LogP contribution >= 0.6 is 12.2 Å². The second-order valence-electron chi connectivity index (χ2n) is 3.91. The second-order valence-corrected chi connectivity index (χ2v) is 4.32. The Labute approximate surface area is 120 Å². The van der Waals surface area contributed by atoms with Gasteiger partial charge in [-0.1, -0.05) is 24.3 Å². The van der Waals surface area contributed by atoms with Gasteiger partial charge in [0.1, 0.15) is 5.57 Å². The number of benzene rings is 1. The fourth-order valence-electron chi connectivity index (χ4n) is 1.55. The number of nitrogens with zero attached hydrogens (tertiary/aromatic N) is 1. The summed E-state index contributed by atoms with van der Waals surface area (Å²) in [5.41, 5.74) is 1.41. The topological polar surface area (TPSA) is 82.0 Å². The molecule has 98 valence electrons. The van der Waals surface area contributed by atoms with Crippen molar-refractivity contribution in [3.8, 4) is 6.07 Å². The lowest BCUT2D eigenvalue weighted by Crippen LogP contribution is -2.51. The highest BCUT2D eigenvalue weighted by atomic mass is 32.1. The molecule has 0 aliphatic carbocycles. The van der Waals surface area contributed by atoms with E-state index in [1.54, 1.807) is 36.4 Å². The van der Waals surface area contributed by atoms with Crippen LogP contribution in [0, 0.1) is 11.3 Å². The molecule has 0 atom stereocenters. The summed E-state index contributed by atoms with van der Waals surface area (Å²) in [7, 11) is 0. The summed E-state index contributed by atoms with van der Waals surface area (Å²) in [6.45, 7) is 0. The van der Waals surface area contributed by atoms with Gasteiger partial charge in [0.25, 0.3) is 11.8 Å². The molecule has 1 heterocycles. The van der Waals surface area contributed by atoms with Crippen LogP contribution in [0.3, 0.4) is 0 Å².